The second-order valence-corrected chi connectivity index (χ2v) is 4.37. The van der Waals surface area contributed by atoms with E-state index in [2.05, 4.69) is 35.4 Å². The highest BCUT2D eigenvalue weighted by Crippen LogP contribution is 1.95. The molecule has 0 fully saturated rings. The van der Waals surface area contributed by atoms with Gasteiger partial charge in [-0.1, -0.05) is 6.07 Å². The van der Waals surface area contributed by atoms with Crippen molar-refractivity contribution in [2.45, 2.75) is 19.3 Å². The summed E-state index contributed by atoms with van der Waals surface area (Å²) in [7, 11) is 4.24. The molecular formula is C13H23N3. The minimum Gasteiger partial charge on any atom is -0.316 e. The molecule has 0 spiro atoms. The molecule has 0 aliphatic heterocycles. The van der Waals surface area contributed by atoms with Crippen molar-refractivity contribution in [1.29, 1.82) is 0 Å². The summed E-state index contributed by atoms with van der Waals surface area (Å²) < 4.78 is 0. The van der Waals surface area contributed by atoms with Crippen LogP contribution in [0.2, 0.25) is 0 Å². The van der Waals surface area contributed by atoms with E-state index in [4.69, 9.17) is 0 Å². The molecule has 0 amide bonds. The highest BCUT2D eigenvalue weighted by Gasteiger charge is 1.93. The van der Waals surface area contributed by atoms with Gasteiger partial charge in [0.15, 0.2) is 0 Å². The maximum Gasteiger partial charge on any atom is 0.0300 e. The van der Waals surface area contributed by atoms with Gasteiger partial charge < -0.3 is 10.2 Å². The van der Waals surface area contributed by atoms with Crippen LogP contribution in [0.1, 0.15) is 18.4 Å². The zero-order valence-electron chi connectivity index (χ0n) is 10.4. The molecule has 0 saturated carbocycles. The minimum absolute atomic E-state index is 1.05. The van der Waals surface area contributed by atoms with Crippen molar-refractivity contribution >= 4 is 0 Å². The van der Waals surface area contributed by atoms with Gasteiger partial charge in [-0.25, -0.2) is 0 Å². The quantitative estimate of drug-likeness (QED) is 0.675. The molecule has 3 nitrogen and oxygen atoms in total. The van der Waals surface area contributed by atoms with Gasteiger partial charge >= 0.3 is 0 Å². The van der Waals surface area contributed by atoms with Gasteiger partial charge in [0.1, 0.15) is 0 Å². The first-order valence-corrected chi connectivity index (χ1v) is 6.03. The Hall–Kier alpha value is -0.930. The number of rotatable bonds is 8. The Bertz CT molecular complexity index is 259. The molecule has 0 radical (unpaired) electrons. The standard InChI is InChI=1S/C13H23N3/c1-16(2)11-4-3-8-14-10-7-13-6-5-9-15-12-13/h5-6,9,12,14H,3-4,7-8,10-11H2,1-2H3. The molecular weight excluding hydrogens is 198 g/mol. The van der Waals surface area contributed by atoms with Gasteiger partial charge in [0.25, 0.3) is 0 Å². The minimum atomic E-state index is 1.05. The normalized spacial score (nSPS) is 10.9. The second kappa shape index (κ2) is 8.25. The zero-order valence-corrected chi connectivity index (χ0v) is 10.4. The third kappa shape index (κ3) is 6.53. The van der Waals surface area contributed by atoms with Crippen molar-refractivity contribution in [3.63, 3.8) is 0 Å². The Balaban J connectivity index is 1.93. The van der Waals surface area contributed by atoms with Gasteiger partial charge in [-0.05, 0) is 64.6 Å². The van der Waals surface area contributed by atoms with Crippen molar-refractivity contribution < 1.29 is 0 Å². The van der Waals surface area contributed by atoms with E-state index in [1.54, 1.807) is 0 Å². The van der Waals surface area contributed by atoms with E-state index in [-0.39, 0.29) is 0 Å². The summed E-state index contributed by atoms with van der Waals surface area (Å²) in [6.45, 7) is 3.35. The second-order valence-electron chi connectivity index (χ2n) is 4.37. The Morgan fingerprint density at radius 2 is 2.12 bits per heavy atom. The van der Waals surface area contributed by atoms with Crippen molar-refractivity contribution in [1.82, 2.24) is 15.2 Å². The van der Waals surface area contributed by atoms with Crippen LogP contribution in [0, 0.1) is 0 Å². The highest BCUT2D eigenvalue weighted by molar-refractivity contribution is 5.08. The molecule has 16 heavy (non-hydrogen) atoms. The number of pyridine rings is 1. The number of nitrogens with zero attached hydrogens (tertiary/aromatic N) is 2. The molecule has 0 atom stereocenters. The van der Waals surface area contributed by atoms with Crippen LogP contribution >= 0.6 is 0 Å². The Labute approximate surface area is 98.9 Å². The average Bonchev–Trinajstić information content (AvgIpc) is 2.29. The van der Waals surface area contributed by atoms with Crippen molar-refractivity contribution in [2.24, 2.45) is 0 Å². The molecule has 0 bridgehead atoms. The summed E-state index contributed by atoms with van der Waals surface area (Å²) in [5.74, 6) is 0. The van der Waals surface area contributed by atoms with Crippen molar-refractivity contribution in [3.05, 3.63) is 30.1 Å². The Morgan fingerprint density at radius 1 is 1.25 bits per heavy atom. The molecule has 0 aromatic carbocycles. The van der Waals surface area contributed by atoms with Gasteiger partial charge in [0.05, 0.1) is 0 Å². The lowest BCUT2D eigenvalue weighted by Crippen LogP contribution is -2.20. The fourth-order valence-electron chi connectivity index (χ4n) is 1.58. The molecule has 1 N–H and O–H groups in total. The summed E-state index contributed by atoms with van der Waals surface area (Å²) in [6, 6.07) is 4.12. The SMILES string of the molecule is CN(C)CCCCNCCc1cccnc1. The van der Waals surface area contributed by atoms with Gasteiger partial charge in [-0.3, -0.25) is 4.98 Å². The van der Waals surface area contributed by atoms with Gasteiger partial charge in [-0.2, -0.15) is 0 Å². The van der Waals surface area contributed by atoms with Crippen LogP contribution in [0.5, 0.6) is 0 Å². The van der Waals surface area contributed by atoms with Gasteiger partial charge in [0.2, 0.25) is 0 Å². The van der Waals surface area contributed by atoms with E-state index >= 15 is 0 Å². The van der Waals surface area contributed by atoms with E-state index in [1.807, 2.05) is 18.5 Å². The molecule has 0 aliphatic carbocycles. The Kier molecular flexibility index (Phi) is 6.77. The fourth-order valence-corrected chi connectivity index (χ4v) is 1.58. The maximum atomic E-state index is 4.10. The van der Waals surface area contributed by atoms with Crippen molar-refractivity contribution in [3.8, 4) is 0 Å². The lowest BCUT2D eigenvalue weighted by molar-refractivity contribution is 0.392. The van der Waals surface area contributed by atoms with Gasteiger partial charge in [0, 0.05) is 12.4 Å². The molecule has 0 saturated heterocycles. The predicted molar refractivity (Wildman–Crippen MR) is 68.6 cm³/mol. The van der Waals surface area contributed by atoms with Gasteiger partial charge in [-0.15, -0.1) is 0 Å². The molecule has 1 rings (SSSR count). The number of nitrogens with one attached hydrogen (secondary N) is 1. The summed E-state index contributed by atoms with van der Waals surface area (Å²) in [5.41, 5.74) is 1.31. The van der Waals surface area contributed by atoms with Crippen LogP contribution < -0.4 is 5.32 Å². The van der Waals surface area contributed by atoms with Crippen LogP contribution in [0.15, 0.2) is 24.5 Å². The van der Waals surface area contributed by atoms with E-state index in [0.29, 0.717) is 0 Å². The number of aromatic nitrogens is 1. The molecule has 3 heteroatoms. The predicted octanol–water partition coefficient (Wildman–Crippen LogP) is 1.56. The van der Waals surface area contributed by atoms with Crippen LogP contribution in [-0.4, -0.2) is 43.6 Å². The molecule has 1 heterocycles. The smallest absolute Gasteiger partial charge is 0.0300 e. The fraction of sp³-hybridized carbons (Fsp3) is 0.615. The van der Waals surface area contributed by atoms with Crippen LogP contribution in [0.25, 0.3) is 0 Å². The highest BCUT2D eigenvalue weighted by atomic mass is 15.0. The van der Waals surface area contributed by atoms with E-state index < -0.39 is 0 Å². The maximum absolute atomic E-state index is 4.10. The van der Waals surface area contributed by atoms with Crippen LogP contribution in [0.3, 0.4) is 0 Å². The third-order valence-electron chi connectivity index (χ3n) is 2.52. The third-order valence-corrected chi connectivity index (χ3v) is 2.52. The largest absolute Gasteiger partial charge is 0.316 e. The molecule has 1 aromatic rings. The van der Waals surface area contributed by atoms with Crippen LogP contribution in [0.4, 0.5) is 0 Å². The first-order chi connectivity index (χ1) is 7.79. The molecule has 90 valence electrons. The van der Waals surface area contributed by atoms with Crippen molar-refractivity contribution in [2.75, 3.05) is 33.7 Å². The monoisotopic (exact) mass is 221 g/mol. The topological polar surface area (TPSA) is 28.2 Å². The number of hydrogen-bond acceptors (Lipinski definition) is 3. The first kappa shape index (κ1) is 13.1. The summed E-state index contributed by atoms with van der Waals surface area (Å²) >= 11 is 0. The number of hydrogen-bond donors (Lipinski definition) is 1. The lowest BCUT2D eigenvalue weighted by atomic mass is 10.2. The zero-order chi connectivity index (χ0) is 11.6. The first-order valence-electron chi connectivity index (χ1n) is 6.03. The molecule has 0 unspecified atom stereocenters. The van der Waals surface area contributed by atoms with Crippen LogP contribution in [-0.2, 0) is 6.42 Å². The molecule has 1 aromatic heterocycles. The van der Waals surface area contributed by atoms with E-state index in [1.165, 1.54) is 24.9 Å². The average molecular weight is 221 g/mol. The van der Waals surface area contributed by atoms with E-state index in [9.17, 15) is 0 Å². The lowest BCUT2D eigenvalue weighted by Gasteiger charge is -2.09. The van der Waals surface area contributed by atoms with E-state index in [0.717, 1.165) is 19.5 Å². The number of unbranched alkanes of at least 4 members (excludes halogenated alkanes) is 1. The summed E-state index contributed by atoms with van der Waals surface area (Å²) in [4.78, 5) is 6.33. The summed E-state index contributed by atoms with van der Waals surface area (Å²) in [5, 5.41) is 3.46. The molecule has 0 aliphatic rings. The summed E-state index contributed by atoms with van der Waals surface area (Å²) in [6.07, 6.45) is 7.35. The Morgan fingerprint density at radius 3 is 2.81 bits per heavy atom.